The summed E-state index contributed by atoms with van der Waals surface area (Å²) in [5, 5.41) is 0.482. The molecule has 2 nitrogen and oxygen atoms in total. The molecule has 2 N–H and O–H groups in total. The Bertz CT molecular complexity index is 99.6. The molecule has 0 radical (unpaired) electrons. The Morgan fingerprint density at radius 2 is 2.30 bits per heavy atom. The van der Waals surface area contributed by atoms with E-state index in [1.54, 1.807) is 0 Å². The van der Waals surface area contributed by atoms with Crippen LogP contribution in [0.3, 0.4) is 0 Å². The largest absolute Gasteiger partial charge is 0.379 e. The van der Waals surface area contributed by atoms with Gasteiger partial charge in [0.15, 0.2) is 5.17 Å². The molecule has 0 atom stereocenters. The SMILES string of the molecule is CCN=C(N)SCCF.Cl. The highest BCUT2D eigenvalue weighted by atomic mass is 35.5. The van der Waals surface area contributed by atoms with E-state index in [1.807, 2.05) is 6.92 Å². The molecule has 0 saturated carbocycles. The maximum Gasteiger partial charge on any atom is 0.153 e. The van der Waals surface area contributed by atoms with Crippen LogP contribution in [0, 0.1) is 0 Å². The highest BCUT2D eigenvalue weighted by Crippen LogP contribution is 1.98. The molecule has 0 saturated heterocycles. The van der Waals surface area contributed by atoms with Crippen molar-refractivity contribution < 1.29 is 4.39 Å². The van der Waals surface area contributed by atoms with Gasteiger partial charge in [-0.2, -0.15) is 0 Å². The second kappa shape index (κ2) is 9.04. The molecule has 0 aromatic heterocycles. The number of halogens is 2. The topological polar surface area (TPSA) is 38.4 Å². The van der Waals surface area contributed by atoms with Gasteiger partial charge in [-0.3, -0.25) is 9.38 Å². The predicted molar refractivity (Wildman–Crippen MR) is 47.8 cm³/mol. The van der Waals surface area contributed by atoms with Crippen LogP contribution in [0.25, 0.3) is 0 Å². The molecule has 62 valence electrons. The minimum Gasteiger partial charge on any atom is -0.379 e. The van der Waals surface area contributed by atoms with Crippen LogP contribution in [0.15, 0.2) is 4.99 Å². The third kappa shape index (κ3) is 8.04. The van der Waals surface area contributed by atoms with Gasteiger partial charge < -0.3 is 5.73 Å². The van der Waals surface area contributed by atoms with Gasteiger partial charge in [-0.1, -0.05) is 11.8 Å². The number of aliphatic imine (C=N–C) groups is 1. The Kier molecular flexibility index (Phi) is 11.5. The first-order chi connectivity index (χ1) is 4.31. The van der Waals surface area contributed by atoms with Gasteiger partial charge in [0, 0.05) is 12.3 Å². The van der Waals surface area contributed by atoms with Crippen molar-refractivity contribution in [3.63, 3.8) is 0 Å². The molecular weight excluding hydrogens is 175 g/mol. The lowest BCUT2D eigenvalue weighted by Gasteiger charge is -1.94. The maximum absolute atomic E-state index is 11.5. The van der Waals surface area contributed by atoms with Crippen molar-refractivity contribution in [3.8, 4) is 0 Å². The van der Waals surface area contributed by atoms with E-state index in [1.165, 1.54) is 11.8 Å². The molecule has 0 aliphatic heterocycles. The average molecular weight is 187 g/mol. The second-order valence-corrected chi connectivity index (χ2v) is 2.47. The van der Waals surface area contributed by atoms with E-state index < -0.39 is 0 Å². The van der Waals surface area contributed by atoms with Crippen LogP contribution in [-0.4, -0.2) is 24.1 Å². The van der Waals surface area contributed by atoms with Gasteiger partial charge in [0.1, 0.15) is 0 Å². The van der Waals surface area contributed by atoms with Crippen LogP contribution in [0.2, 0.25) is 0 Å². The number of thioether (sulfide) groups is 1. The molecule has 0 rings (SSSR count). The number of nitrogens with zero attached hydrogens (tertiary/aromatic N) is 1. The molecule has 5 heteroatoms. The molecule has 0 fully saturated rings. The number of rotatable bonds is 3. The van der Waals surface area contributed by atoms with Gasteiger partial charge in [-0.25, -0.2) is 0 Å². The van der Waals surface area contributed by atoms with Gasteiger partial charge in [0.25, 0.3) is 0 Å². The van der Waals surface area contributed by atoms with E-state index in [4.69, 9.17) is 5.73 Å². The van der Waals surface area contributed by atoms with Gasteiger partial charge in [-0.15, -0.1) is 12.4 Å². The third-order valence-corrected chi connectivity index (χ3v) is 1.42. The van der Waals surface area contributed by atoms with Crippen molar-refractivity contribution in [2.45, 2.75) is 6.92 Å². The zero-order chi connectivity index (χ0) is 7.11. The highest BCUT2D eigenvalue weighted by Gasteiger charge is 1.89. The van der Waals surface area contributed by atoms with E-state index in [0.29, 0.717) is 17.5 Å². The van der Waals surface area contributed by atoms with Crippen LogP contribution in [-0.2, 0) is 0 Å². The molecule has 0 amide bonds. The van der Waals surface area contributed by atoms with Gasteiger partial charge >= 0.3 is 0 Å². The molecule has 0 aromatic rings. The normalized spacial score (nSPS) is 10.8. The predicted octanol–water partition coefficient (Wildman–Crippen LogP) is 1.45. The van der Waals surface area contributed by atoms with E-state index in [0.717, 1.165) is 0 Å². The van der Waals surface area contributed by atoms with Crippen molar-refractivity contribution in [2.24, 2.45) is 10.7 Å². The fourth-order valence-electron chi connectivity index (χ4n) is 0.345. The molecular formula is C5H12ClFN2S. The summed E-state index contributed by atoms with van der Waals surface area (Å²) in [6, 6.07) is 0. The lowest BCUT2D eigenvalue weighted by atomic mass is 10.8. The number of nitrogens with two attached hydrogens (primary N) is 1. The van der Waals surface area contributed by atoms with Crippen molar-refractivity contribution >= 4 is 29.3 Å². The molecule has 10 heavy (non-hydrogen) atoms. The Morgan fingerprint density at radius 3 is 2.70 bits per heavy atom. The number of hydrogen-bond acceptors (Lipinski definition) is 2. The first-order valence-electron chi connectivity index (χ1n) is 2.80. The Balaban J connectivity index is 0. The minimum absolute atomic E-state index is 0. The van der Waals surface area contributed by atoms with Crippen LogP contribution in [0.5, 0.6) is 0 Å². The van der Waals surface area contributed by atoms with Crippen molar-refractivity contribution in [1.29, 1.82) is 0 Å². The van der Waals surface area contributed by atoms with Crippen molar-refractivity contribution in [1.82, 2.24) is 0 Å². The van der Waals surface area contributed by atoms with Gasteiger partial charge in [0.2, 0.25) is 0 Å². The van der Waals surface area contributed by atoms with E-state index in [9.17, 15) is 4.39 Å². The highest BCUT2D eigenvalue weighted by molar-refractivity contribution is 8.13. The van der Waals surface area contributed by atoms with Crippen LogP contribution < -0.4 is 5.73 Å². The molecule has 0 bridgehead atoms. The third-order valence-electron chi connectivity index (χ3n) is 0.641. The summed E-state index contributed by atoms with van der Waals surface area (Å²) in [6.45, 7) is 2.22. The van der Waals surface area contributed by atoms with E-state index >= 15 is 0 Å². The van der Waals surface area contributed by atoms with Gasteiger partial charge in [0.05, 0.1) is 6.67 Å². The first-order valence-corrected chi connectivity index (χ1v) is 3.78. The fourth-order valence-corrected chi connectivity index (χ4v) is 0.851. The molecule has 0 aliphatic carbocycles. The van der Waals surface area contributed by atoms with E-state index in [-0.39, 0.29) is 19.1 Å². The standard InChI is InChI=1S/C5H11FN2S.ClH/c1-2-8-5(7)9-4-3-6;/h2-4H2,1H3,(H2,7,8);1H. The molecule has 0 aromatic carbocycles. The Hall–Kier alpha value is 0.0400. The summed E-state index contributed by atoms with van der Waals surface area (Å²) >= 11 is 1.25. The maximum atomic E-state index is 11.5. The average Bonchev–Trinajstić information content (AvgIpc) is 1.85. The van der Waals surface area contributed by atoms with Crippen LogP contribution in [0.4, 0.5) is 4.39 Å². The molecule has 0 unspecified atom stereocenters. The minimum atomic E-state index is -0.343. The summed E-state index contributed by atoms with van der Waals surface area (Å²) in [4.78, 5) is 3.85. The quantitative estimate of drug-likeness (QED) is 0.535. The first kappa shape index (κ1) is 12.7. The fraction of sp³-hybridized carbons (Fsp3) is 0.800. The molecule has 0 aliphatic rings. The Labute approximate surface area is 70.9 Å². The van der Waals surface area contributed by atoms with Gasteiger partial charge in [-0.05, 0) is 6.92 Å². The smallest absolute Gasteiger partial charge is 0.153 e. The Morgan fingerprint density at radius 1 is 1.70 bits per heavy atom. The zero-order valence-electron chi connectivity index (χ0n) is 5.84. The van der Waals surface area contributed by atoms with Crippen molar-refractivity contribution in [3.05, 3.63) is 0 Å². The van der Waals surface area contributed by atoms with E-state index in [2.05, 4.69) is 4.99 Å². The van der Waals surface area contributed by atoms with Crippen molar-refractivity contribution in [2.75, 3.05) is 19.0 Å². The summed E-state index contributed by atoms with van der Waals surface area (Å²) in [5.41, 5.74) is 5.32. The van der Waals surface area contributed by atoms with Crippen LogP contribution >= 0.6 is 24.2 Å². The zero-order valence-corrected chi connectivity index (χ0v) is 7.47. The number of hydrogen-bond donors (Lipinski definition) is 1. The number of amidine groups is 1. The molecule has 0 spiro atoms. The summed E-state index contributed by atoms with van der Waals surface area (Å²) < 4.78 is 11.5. The number of alkyl halides is 1. The summed E-state index contributed by atoms with van der Waals surface area (Å²) in [5.74, 6) is 0.412. The summed E-state index contributed by atoms with van der Waals surface area (Å²) in [7, 11) is 0. The monoisotopic (exact) mass is 186 g/mol. The second-order valence-electron chi connectivity index (χ2n) is 1.35. The summed E-state index contributed by atoms with van der Waals surface area (Å²) in [6.07, 6.45) is 0. The lowest BCUT2D eigenvalue weighted by molar-refractivity contribution is 0.533. The molecule has 0 heterocycles. The lowest BCUT2D eigenvalue weighted by Crippen LogP contribution is -2.08. The van der Waals surface area contributed by atoms with Crippen LogP contribution in [0.1, 0.15) is 6.92 Å².